The van der Waals surface area contributed by atoms with Crippen molar-refractivity contribution >= 4 is 17.7 Å². The van der Waals surface area contributed by atoms with Gasteiger partial charge in [-0.05, 0) is 46.9 Å². The van der Waals surface area contributed by atoms with Gasteiger partial charge in [-0.2, -0.15) is 0 Å². The summed E-state index contributed by atoms with van der Waals surface area (Å²) in [5.41, 5.74) is 4.87. The molecule has 0 unspecified atom stereocenters. The van der Waals surface area contributed by atoms with Crippen LogP contribution in [0.5, 0.6) is 5.75 Å². The van der Waals surface area contributed by atoms with Crippen LogP contribution in [0.4, 0.5) is 4.79 Å². The normalized spacial score (nSPS) is 13.1. The Labute approximate surface area is 168 Å². The Kier molecular flexibility index (Phi) is 5.22. The summed E-state index contributed by atoms with van der Waals surface area (Å²) in [7, 11) is 0. The van der Waals surface area contributed by atoms with Crippen LogP contribution >= 0.6 is 11.6 Å². The summed E-state index contributed by atoms with van der Waals surface area (Å²) in [5.74, 6) is 0.159. The van der Waals surface area contributed by atoms with E-state index < -0.39 is 0 Å². The molecule has 4 nitrogen and oxygen atoms in total. The van der Waals surface area contributed by atoms with Gasteiger partial charge >= 0.3 is 6.09 Å². The fraction of sp³-hybridized carbons (Fsp3) is 0.174. The lowest BCUT2D eigenvalue weighted by Gasteiger charge is -2.30. The maximum absolute atomic E-state index is 12.6. The fourth-order valence-electron chi connectivity index (χ4n) is 3.52. The lowest BCUT2D eigenvalue weighted by Crippen LogP contribution is -2.36. The van der Waals surface area contributed by atoms with Gasteiger partial charge in [-0.25, -0.2) is 4.79 Å². The molecule has 0 radical (unpaired) electrons. The lowest BCUT2D eigenvalue weighted by atomic mass is 9.91. The molecule has 0 saturated carbocycles. The second-order valence-corrected chi connectivity index (χ2v) is 7.23. The van der Waals surface area contributed by atoms with E-state index >= 15 is 0 Å². The molecule has 3 aromatic rings. The zero-order valence-electron chi connectivity index (χ0n) is 15.3. The smallest absolute Gasteiger partial charge is 0.410 e. The molecule has 1 N–H and O–H groups in total. The van der Waals surface area contributed by atoms with Gasteiger partial charge in [0.25, 0.3) is 0 Å². The molecule has 1 amide bonds. The minimum absolute atomic E-state index is 0.159. The number of aromatic hydroxyl groups is 1. The Morgan fingerprint density at radius 1 is 1.04 bits per heavy atom. The largest absolute Gasteiger partial charge is 0.508 e. The van der Waals surface area contributed by atoms with Gasteiger partial charge in [0, 0.05) is 23.7 Å². The number of carbonyl (C=O) groups is 1. The zero-order chi connectivity index (χ0) is 19.5. The molecule has 0 aromatic heterocycles. The zero-order valence-corrected chi connectivity index (χ0v) is 16.0. The first-order valence-electron chi connectivity index (χ1n) is 9.17. The van der Waals surface area contributed by atoms with Crippen molar-refractivity contribution in [1.29, 1.82) is 0 Å². The van der Waals surface area contributed by atoms with Crippen LogP contribution in [0.25, 0.3) is 11.1 Å². The molecule has 1 aliphatic heterocycles. The van der Waals surface area contributed by atoms with Crippen molar-refractivity contribution in [3.05, 3.63) is 88.4 Å². The second-order valence-electron chi connectivity index (χ2n) is 6.82. The van der Waals surface area contributed by atoms with Crippen LogP contribution in [0.1, 0.15) is 16.7 Å². The fourth-order valence-corrected chi connectivity index (χ4v) is 3.74. The van der Waals surface area contributed by atoms with Crippen LogP contribution in [0.15, 0.2) is 66.7 Å². The first kappa shape index (κ1) is 18.4. The summed E-state index contributed by atoms with van der Waals surface area (Å²) in [6, 6.07) is 20.6. The summed E-state index contributed by atoms with van der Waals surface area (Å²) >= 11 is 6.37. The summed E-state index contributed by atoms with van der Waals surface area (Å²) in [5, 5.41) is 10.4. The van der Waals surface area contributed by atoms with Crippen LogP contribution in [-0.2, 0) is 24.3 Å². The predicted molar refractivity (Wildman–Crippen MR) is 109 cm³/mol. The Morgan fingerprint density at radius 3 is 2.68 bits per heavy atom. The molecule has 0 fully saturated rings. The third-order valence-electron chi connectivity index (χ3n) is 4.98. The SMILES string of the molecule is O=C(OCc1ccccc1)N1CCc2cccc(-c3cc(O)ccc3Cl)c2C1. The quantitative estimate of drug-likeness (QED) is 0.647. The van der Waals surface area contributed by atoms with Gasteiger partial charge in [-0.15, -0.1) is 0 Å². The molecule has 0 bridgehead atoms. The van der Waals surface area contributed by atoms with Gasteiger partial charge in [-0.3, -0.25) is 0 Å². The molecule has 1 heterocycles. The first-order chi connectivity index (χ1) is 13.6. The number of hydrogen-bond acceptors (Lipinski definition) is 3. The molecular formula is C23H20ClNO3. The van der Waals surface area contributed by atoms with Crippen LogP contribution in [0, 0.1) is 0 Å². The number of hydrogen-bond donors (Lipinski definition) is 1. The number of halogens is 1. The van der Waals surface area contributed by atoms with Gasteiger partial charge in [0.2, 0.25) is 0 Å². The minimum Gasteiger partial charge on any atom is -0.508 e. The Morgan fingerprint density at radius 2 is 1.86 bits per heavy atom. The van der Waals surface area contributed by atoms with Crippen molar-refractivity contribution in [3.8, 4) is 16.9 Å². The molecule has 0 atom stereocenters. The summed E-state index contributed by atoms with van der Waals surface area (Å²) in [6.07, 6.45) is 0.423. The van der Waals surface area contributed by atoms with Crippen molar-refractivity contribution in [2.75, 3.05) is 6.54 Å². The van der Waals surface area contributed by atoms with Gasteiger partial charge < -0.3 is 14.7 Å². The van der Waals surface area contributed by atoms with Gasteiger partial charge in [-0.1, -0.05) is 60.1 Å². The molecule has 0 saturated heterocycles. The van der Waals surface area contributed by atoms with Crippen molar-refractivity contribution < 1.29 is 14.6 Å². The van der Waals surface area contributed by atoms with Gasteiger partial charge in [0.15, 0.2) is 0 Å². The van der Waals surface area contributed by atoms with Crippen LogP contribution in [-0.4, -0.2) is 22.6 Å². The van der Waals surface area contributed by atoms with E-state index in [0.717, 1.165) is 28.7 Å². The molecule has 0 spiro atoms. The Bertz CT molecular complexity index is 1000. The standard InChI is InChI=1S/C23H20ClNO3/c24-22-10-9-18(26)13-20(22)19-8-4-7-17-11-12-25(14-21(17)19)23(27)28-15-16-5-2-1-3-6-16/h1-10,13,26H,11-12,14-15H2. The second kappa shape index (κ2) is 7.95. The van der Waals surface area contributed by atoms with Crippen molar-refractivity contribution in [2.45, 2.75) is 19.6 Å². The lowest BCUT2D eigenvalue weighted by molar-refractivity contribution is 0.0919. The number of phenolic OH excluding ortho intramolecular Hbond substituents is 1. The van der Waals surface area contributed by atoms with E-state index in [0.29, 0.717) is 18.1 Å². The molecule has 4 rings (SSSR count). The number of nitrogens with zero attached hydrogens (tertiary/aromatic N) is 1. The van der Waals surface area contributed by atoms with E-state index in [1.165, 1.54) is 5.56 Å². The van der Waals surface area contributed by atoms with E-state index in [-0.39, 0.29) is 18.4 Å². The van der Waals surface area contributed by atoms with Gasteiger partial charge in [0.1, 0.15) is 12.4 Å². The summed E-state index contributed by atoms with van der Waals surface area (Å²) in [6.45, 7) is 1.31. The van der Waals surface area contributed by atoms with E-state index in [1.54, 1.807) is 23.1 Å². The molecule has 1 aliphatic rings. The Balaban J connectivity index is 1.56. The number of benzene rings is 3. The average Bonchev–Trinajstić information content (AvgIpc) is 2.73. The molecule has 142 valence electrons. The minimum atomic E-state index is -0.327. The summed E-state index contributed by atoms with van der Waals surface area (Å²) < 4.78 is 5.49. The maximum atomic E-state index is 12.6. The van der Waals surface area contributed by atoms with Crippen LogP contribution in [0.2, 0.25) is 5.02 Å². The van der Waals surface area contributed by atoms with Crippen LogP contribution in [0.3, 0.4) is 0 Å². The van der Waals surface area contributed by atoms with E-state index in [2.05, 4.69) is 6.07 Å². The molecule has 5 heteroatoms. The van der Waals surface area contributed by atoms with Crippen molar-refractivity contribution in [3.63, 3.8) is 0 Å². The number of fused-ring (bicyclic) bond motifs is 1. The highest BCUT2D eigenvalue weighted by Crippen LogP contribution is 2.36. The van der Waals surface area contributed by atoms with E-state index in [4.69, 9.17) is 16.3 Å². The summed E-state index contributed by atoms with van der Waals surface area (Å²) in [4.78, 5) is 14.3. The Hall–Kier alpha value is -2.98. The van der Waals surface area contributed by atoms with Crippen molar-refractivity contribution in [1.82, 2.24) is 4.90 Å². The number of ether oxygens (including phenoxy) is 1. The average molecular weight is 394 g/mol. The number of amides is 1. The van der Waals surface area contributed by atoms with Gasteiger partial charge in [0.05, 0.1) is 0 Å². The highest BCUT2D eigenvalue weighted by atomic mass is 35.5. The molecule has 3 aromatic carbocycles. The highest BCUT2D eigenvalue weighted by Gasteiger charge is 2.24. The third-order valence-corrected chi connectivity index (χ3v) is 5.31. The predicted octanol–water partition coefficient (Wildman–Crippen LogP) is 5.41. The van der Waals surface area contributed by atoms with Crippen molar-refractivity contribution in [2.24, 2.45) is 0 Å². The number of carbonyl (C=O) groups excluding carboxylic acids is 1. The monoisotopic (exact) mass is 393 g/mol. The third kappa shape index (κ3) is 3.82. The molecule has 0 aliphatic carbocycles. The maximum Gasteiger partial charge on any atom is 0.410 e. The topological polar surface area (TPSA) is 49.8 Å². The number of rotatable bonds is 3. The first-order valence-corrected chi connectivity index (χ1v) is 9.55. The number of phenols is 1. The van der Waals surface area contributed by atoms with Crippen LogP contribution < -0.4 is 0 Å². The molecule has 28 heavy (non-hydrogen) atoms. The molecular weight excluding hydrogens is 374 g/mol. The van der Waals surface area contributed by atoms with E-state index in [1.807, 2.05) is 42.5 Å². The highest BCUT2D eigenvalue weighted by molar-refractivity contribution is 6.33. The van der Waals surface area contributed by atoms with E-state index in [9.17, 15) is 9.90 Å².